The van der Waals surface area contributed by atoms with Gasteiger partial charge >= 0.3 is 11.6 Å². The molecule has 9 nitrogen and oxygen atoms in total. The fraction of sp³-hybridized carbons (Fsp3) is 0.368. The highest BCUT2D eigenvalue weighted by Gasteiger charge is 2.21. The van der Waals surface area contributed by atoms with Crippen LogP contribution < -0.4 is 26.9 Å². The smallest absolute Gasteiger partial charge is 0.339 e. The monoisotopic (exact) mass is 390 g/mol. The quantitative estimate of drug-likeness (QED) is 0.494. The third-order valence-corrected chi connectivity index (χ3v) is 4.23. The first-order chi connectivity index (χ1) is 13.2. The predicted octanol–water partition coefficient (Wildman–Crippen LogP) is -1.44. The maximum atomic E-state index is 12.2. The molecule has 0 aromatic carbocycles. The third-order valence-electron chi connectivity index (χ3n) is 4.23. The van der Waals surface area contributed by atoms with E-state index in [-0.39, 0.29) is 17.7 Å². The molecular formula is C19H22N2O7. The van der Waals surface area contributed by atoms with E-state index < -0.39 is 36.1 Å². The van der Waals surface area contributed by atoms with E-state index in [1.165, 1.54) is 13.0 Å². The molecule has 0 bridgehead atoms. The zero-order chi connectivity index (χ0) is 20.8. The van der Waals surface area contributed by atoms with Crippen molar-refractivity contribution < 1.29 is 28.6 Å². The lowest BCUT2D eigenvalue weighted by atomic mass is 10.1. The van der Waals surface area contributed by atoms with Gasteiger partial charge in [0, 0.05) is 5.56 Å². The van der Waals surface area contributed by atoms with Crippen LogP contribution in [0.3, 0.4) is 0 Å². The number of carboxylic acids is 1. The van der Waals surface area contributed by atoms with Crippen LogP contribution in [0.15, 0.2) is 21.9 Å². The molecule has 2 rings (SSSR count). The molecule has 3 N–H and O–H groups in total. The molecule has 9 heteroatoms. The van der Waals surface area contributed by atoms with Crippen LogP contribution in [-0.2, 0) is 32.0 Å². The van der Waals surface area contributed by atoms with Crippen LogP contribution in [0.5, 0.6) is 0 Å². The van der Waals surface area contributed by atoms with Gasteiger partial charge in [-0.15, -0.1) is 0 Å². The minimum absolute atomic E-state index is 0.140. The van der Waals surface area contributed by atoms with E-state index in [4.69, 9.17) is 14.3 Å². The minimum atomic E-state index is -1.19. The van der Waals surface area contributed by atoms with Crippen molar-refractivity contribution in [2.75, 3.05) is 13.1 Å². The lowest BCUT2D eigenvalue weighted by molar-refractivity contribution is -0.138. The summed E-state index contributed by atoms with van der Waals surface area (Å²) in [5.41, 5.74) is 1.10. The number of ether oxygens (including phenoxy) is 1. The molecule has 150 valence electrons. The molecule has 1 aromatic heterocycles. The van der Waals surface area contributed by atoms with Crippen LogP contribution in [0.1, 0.15) is 24.5 Å². The SMILES string of the molecule is C=C/C(O[C@H](C)C(=O)NCC(=O)NCC(=O)O)=c1/c2c(c(=O)oc1=C)CCC2. The number of amides is 2. The highest BCUT2D eigenvalue weighted by atomic mass is 16.5. The van der Waals surface area contributed by atoms with Crippen LogP contribution in [0.25, 0.3) is 12.3 Å². The number of carbonyl (C=O) groups is 3. The summed E-state index contributed by atoms with van der Waals surface area (Å²) in [7, 11) is 0. The molecular weight excluding hydrogens is 368 g/mol. The number of aliphatic carboxylic acids is 1. The summed E-state index contributed by atoms with van der Waals surface area (Å²) in [4.78, 5) is 46.0. The largest absolute Gasteiger partial charge is 0.480 e. The van der Waals surface area contributed by atoms with Gasteiger partial charge in [0.15, 0.2) is 6.10 Å². The zero-order valence-corrected chi connectivity index (χ0v) is 15.5. The Morgan fingerprint density at radius 3 is 2.57 bits per heavy atom. The molecule has 1 aliphatic carbocycles. The Bertz CT molecular complexity index is 977. The molecule has 2 amide bonds. The van der Waals surface area contributed by atoms with Gasteiger partial charge in [0.05, 0.1) is 11.8 Å². The molecule has 1 aromatic rings. The number of carboxylic acid groups (broad SMARTS) is 1. The lowest BCUT2D eigenvalue weighted by Crippen LogP contribution is -2.43. The maximum Gasteiger partial charge on any atom is 0.339 e. The molecule has 0 fully saturated rings. The molecule has 1 aliphatic rings. The number of fused-ring (bicyclic) bond motifs is 1. The average molecular weight is 390 g/mol. The van der Waals surface area contributed by atoms with E-state index in [1.807, 2.05) is 0 Å². The standard InChI is InChI=1S/C19H22N2O7/c1-4-14(17-10(2)28-19(26)13-7-5-6-12(13)17)27-11(3)18(25)21-8-15(22)20-9-16(23)24/h4,11H,1-2,5-9H2,3H3,(H,20,22)(H,21,25)(H,23,24)/b17-14-/t11-/m1/s1. The van der Waals surface area contributed by atoms with Crippen molar-refractivity contribution in [1.29, 1.82) is 0 Å². The second-order valence-corrected chi connectivity index (χ2v) is 6.22. The van der Waals surface area contributed by atoms with Gasteiger partial charge in [-0.2, -0.15) is 0 Å². The molecule has 0 saturated heterocycles. The first-order valence-electron chi connectivity index (χ1n) is 8.68. The molecule has 0 unspecified atom stereocenters. The fourth-order valence-electron chi connectivity index (χ4n) is 2.92. The molecule has 28 heavy (non-hydrogen) atoms. The fourth-order valence-corrected chi connectivity index (χ4v) is 2.92. The van der Waals surface area contributed by atoms with Gasteiger partial charge in [-0.1, -0.05) is 13.2 Å². The number of hydrogen-bond donors (Lipinski definition) is 3. The van der Waals surface area contributed by atoms with Gasteiger partial charge in [-0.25, -0.2) is 4.79 Å². The summed E-state index contributed by atoms with van der Waals surface area (Å²) in [6, 6.07) is 0. The summed E-state index contributed by atoms with van der Waals surface area (Å²) in [6.45, 7) is 8.01. The van der Waals surface area contributed by atoms with E-state index in [0.717, 1.165) is 12.0 Å². The number of carbonyl (C=O) groups excluding carboxylic acids is 2. The number of rotatable bonds is 8. The van der Waals surface area contributed by atoms with Gasteiger partial charge in [0.2, 0.25) is 5.91 Å². The van der Waals surface area contributed by atoms with Crippen LogP contribution in [0, 0.1) is 0 Å². The molecule has 0 aliphatic heterocycles. The Labute approximate surface area is 160 Å². The average Bonchev–Trinajstić information content (AvgIpc) is 3.13. The number of hydrogen-bond acceptors (Lipinski definition) is 6. The normalized spacial score (nSPS) is 14.5. The Balaban J connectivity index is 2.15. The van der Waals surface area contributed by atoms with Gasteiger partial charge in [0.25, 0.3) is 5.91 Å². The van der Waals surface area contributed by atoms with Gasteiger partial charge in [-0.05, 0) is 37.8 Å². The molecule has 0 spiro atoms. The lowest BCUT2D eigenvalue weighted by Gasteiger charge is -2.16. The van der Waals surface area contributed by atoms with E-state index in [0.29, 0.717) is 23.6 Å². The second kappa shape index (κ2) is 9.03. The van der Waals surface area contributed by atoms with Crippen molar-refractivity contribution in [2.24, 2.45) is 0 Å². The summed E-state index contributed by atoms with van der Waals surface area (Å²) in [5, 5.41) is 13.5. The first kappa shape index (κ1) is 20.9. The molecule has 0 radical (unpaired) electrons. The topological polar surface area (TPSA) is 135 Å². The maximum absolute atomic E-state index is 12.2. The number of nitrogens with one attached hydrogen (secondary N) is 2. The van der Waals surface area contributed by atoms with Crippen LogP contribution in [0.4, 0.5) is 0 Å². The zero-order valence-electron chi connectivity index (χ0n) is 15.5. The predicted molar refractivity (Wildman–Crippen MR) is 99.6 cm³/mol. The molecule has 0 saturated carbocycles. The highest BCUT2D eigenvalue weighted by Crippen LogP contribution is 2.15. The van der Waals surface area contributed by atoms with Gasteiger partial charge in [-0.3, -0.25) is 14.4 Å². The van der Waals surface area contributed by atoms with Crippen molar-refractivity contribution in [2.45, 2.75) is 32.3 Å². The second-order valence-electron chi connectivity index (χ2n) is 6.22. The van der Waals surface area contributed by atoms with Crippen LogP contribution in [-0.4, -0.2) is 42.1 Å². The van der Waals surface area contributed by atoms with Crippen molar-refractivity contribution >= 4 is 30.1 Å². The van der Waals surface area contributed by atoms with E-state index >= 15 is 0 Å². The van der Waals surface area contributed by atoms with Gasteiger partial charge in [0.1, 0.15) is 17.7 Å². The van der Waals surface area contributed by atoms with E-state index in [9.17, 15) is 19.2 Å². The van der Waals surface area contributed by atoms with Crippen molar-refractivity contribution in [3.05, 3.63) is 44.8 Å². The van der Waals surface area contributed by atoms with Crippen molar-refractivity contribution in [1.82, 2.24) is 10.6 Å². The Morgan fingerprint density at radius 1 is 1.25 bits per heavy atom. The van der Waals surface area contributed by atoms with Gasteiger partial charge < -0.3 is 24.9 Å². The van der Waals surface area contributed by atoms with E-state index in [2.05, 4.69) is 23.8 Å². The Kier molecular flexibility index (Phi) is 6.75. The van der Waals surface area contributed by atoms with E-state index in [1.54, 1.807) is 0 Å². The molecule has 1 heterocycles. The molecule has 1 atom stereocenters. The summed E-state index contributed by atoms with van der Waals surface area (Å²) >= 11 is 0. The van der Waals surface area contributed by atoms with Crippen molar-refractivity contribution in [3.8, 4) is 0 Å². The minimum Gasteiger partial charge on any atom is -0.480 e. The Morgan fingerprint density at radius 2 is 1.93 bits per heavy atom. The van der Waals surface area contributed by atoms with Crippen molar-refractivity contribution in [3.63, 3.8) is 0 Å². The first-order valence-corrected chi connectivity index (χ1v) is 8.68. The highest BCUT2D eigenvalue weighted by molar-refractivity contribution is 5.88. The summed E-state index contributed by atoms with van der Waals surface area (Å²) in [6.07, 6.45) is 2.51. The van der Waals surface area contributed by atoms with Crippen LogP contribution in [0.2, 0.25) is 0 Å². The Hall–Kier alpha value is -3.36. The summed E-state index contributed by atoms with van der Waals surface area (Å²) in [5.74, 6) is -2.15. The third kappa shape index (κ3) is 4.87. The van der Waals surface area contributed by atoms with Crippen LogP contribution >= 0.6 is 0 Å². The summed E-state index contributed by atoms with van der Waals surface area (Å²) < 4.78 is 10.9.